The van der Waals surface area contributed by atoms with Gasteiger partial charge in [-0.15, -0.1) is 11.3 Å². The Morgan fingerprint density at radius 1 is 1.16 bits per heavy atom. The van der Waals surface area contributed by atoms with Gasteiger partial charge in [0.2, 0.25) is 0 Å². The lowest BCUT2D eigenvalue weighted by atomic mass is 9.54. The minimum Gasteiger partial charge on any atom is -0.461 e. The highest BCUT2D eigenvalue weighted by atomic mass is 32.1. The van der Waals surface area contributed by atoms with Crippen LogP contribution in [-0.2, 0) is 22.5 Å². The van der Waals surface area contributed by atoms with Crippen molar-refractivity contribution in [3.8, 4) is 0 Å². The Balaban J connectivity index is 1.14. The Morgan fingerprint density at radius 2 is 1.89 bits per heavy atom. The normalized spacial score (nSPS) is 36.8. The topological polar surface area (TPSA) is 77.2 Å². The van der Waals surface area contributed by atoms with Gasteiger partial charge in [-0.3, -0.25) is 14.9 Å². The number of amides is 1. The number of rotatable bonds is 4. The van der Waals surface area contributed by atoms with Gasteiger partial charge in [-0.1, -0.05) is 32.9 Å². The van der Waals surface area contributed by atoms with Crippen molar-refractivity contribution in [3.63, 3.8) is 0 Å². The molecular formula is C29H40N4O3S+2. The molecular weight excluding hydrogens is 484 g/mol. The molecule has 0 radical (unpaired) electrons. The van der Waals surface area contributed by atoms with Gasteiger partial charge in [0.1, 0.15) is 38.8 Å². The molecule has 7 nitrogen and oxygen atoms in total. The third-order valence-corrected chi connectivity index (χ3v) is 10.8. The molecule has 0 unspecified atom stereocenters. The second-order valence-electron chi connectivity index (χ2n) is 12.4. The van der Waals surface area contributed by atoms with E-state index >= 15 is 0 Å². The lowest BCUT2D eigenvalue weighted by molar-refractivity contribution is -1.01. The first-order valence-electron chi connectivity index (χ1n) is 14.0. The lowest BCUT2D eigenvalue weighted by Gasteiger charge is -2.51. The van der Waals surface area contributed by atoms with E-state index < -0.39 is 0 Å². The Kier molecular flexibility index (Phi) is 6.40. The molecule has 1 saturated carbocycles. The number of nitrogens with zero attached hydrogens (tertiary/aromatic N) is 1. The molecule has 1 amide bonds. The number of benzene rings is 1. The largest absolute Gasteiger partial charge is 0.461 e. The van der Waals surface area contributed by atoms with Gasteiger partial charge in [0.15, 0.2) is 5.13 Å². The number of nitrogens with one attached hydrogen (secondary N) is 3. The lowest BCUT2D eigenvalue weighted by Crippen LogP contribution is -3.26. The zero-order valence-electron chi connectivity index (χ0n) is 22.4. The monoisotopic (exact) mass is 524 g/mol. The van der Waals surface area contributed by atoms with Gasteiger partial charge in [-0.25, -0.2) is 4.98 Å². The first-order valence-corrected chi connectivity index (χ1v) is 14.8. The van der Waals surface area contributed by atoms with Crippen molar-refractivity contribution in [3.05, 3.63) is 46.0 Å². The molecule has 2 aromatic rings. The van der Waals surface area contributed by atoms with Crippen molar-refractivity contribution >= 4 is 28.3 Å². The average molecular weight is 525 g/mol. The number of esters is 1. The molecule has 0 spiro atoms. The van der Waals surface area contributed by atoms with Crippen LogP contribution in [0.4, 0.5) is 5.13 Å². The second kappa shape index (κ2) is 9.47. The van der Waals surface area contributed by atoms with E-state index in [-0.39, 0.29) is 41.1 Å². The van der Waals surface area contributed by atoms with E-state index in [9.17, 15) is 9.59 Å². The maximum Gasteiger partial charge on any atom is 0.309 e. The van der Waals surface area contributed by atoms with Crippen LogP contribution in [0.15, 0.2) is 24.3 Å². The standard InChI is InChI=1S/C29H38N4O3S/c1-17-21-9-10-29(3)15-22-24(18(2)23(29)25(21)36-27(17)35)30-28(37-22)31-26(34)20-7-5-19(6-8-20)16-33-13-11-32(4)12-14-33/h5-8,17-18,21,23,25H,9-16H2,1-4H3,(H,30,31,34)/p+2/t17-,18-,21-,23+,25-,29-/m0/s1. The highest BCUT2D eigenvalue weighted by Crippen LogP contribution is 2.59. The van der Waals surface area contributed by atoms with Gasteiger partial charge in [0.05, 0.1) is 18.7 Å². The maximum absolute atomic E-state index is 13.1. The van der Waals surface area contributed by atoms with Crippen molar-refractivity contribution in [1.29, 1.82) is 0 Å². The molecule has 3 N–H and O–H groups in total. The Labute approximate surface area is 223 Å². The number of aromatic nitrogens is 1. The number of carbonyl (C=O) groups excluding carboxylic acids is 2. The molecule has 3 fully saturated rings. The summed E-state index contributed by atoms with van der Waals surface area (Å²) in [4.78, 5) is 34.9. The maximum atomic E-state index is 13.1. The number of ether oxygens (including phenoxy) is 1. The number of quaternary nitrogens is 2. The number of anilines is 1. The number of carbonyl (C=O) groups is 2. The average Bonchev–Trinajstić information content (AvgIpc) is 3.39. The summed E-state index contributed by atoms with van der Waals surface area (Å²) in [6.45, 7) is 12.5. The summed E-state index contributed by atoms with van der Waals surface area (Å²) >= 11 is 1.61. The van der Waals surface area contributed by atoms with Crippen LogP contribution in [0.2, 0.25) is 0 Å². The van der Waals surface area contributed by atoms with Crippen LogP contribution in [0.3, 0.4) is 0 Å². The molecule has 8 heteroatoms. The summed E-state index contributed by atoms with van der Waals surface area (Å²) in [6.07, 6.45) is 3.07. The summed E-state index contributed by atoms with van der Waals surface area (Å²) in [5.74, 6) is 0.621. The summed E-state index contributed by atoms with van der Waals surface area (Å²) in [7, 11) is 2.26. The predicted octanol–water partition coefficient (Wildman–Crippen LogP) is 1.56. The van der Waals surface area contributed by atoms with Crippen molar-refractivity contribution in [2.45, 2.75) is 58.6 Å². The van der Waals surface area contributed by atoms with E-state index in [4.69, 9.17) is 9.72 Å². The minimum atomic E-state index is -0.108. The van der Waals surface area contributed by atoms with Gasteiger partial charge >= 0.3 is 5.97 Å². The molecule has 3 heterocycles. The molecule has 2 aliphatic heterocycles. The second-order valence-corrected chi connectivity index (χ2v) is 13.5. The summed E-state index contributed by atoms with van der Waals surface area (Å²) in [5, 5.41) is 3.74. The molecule has 6 rings (SSSR count). The Bertz CT molecular complexity index is 1190. The summed E-state index contributed by atoms with van der Waals surface area (Å²) in [6, 6.07) is 8.06. The van der Waals surface area contributed by atoms with Gasteiger partial charge in [-0.05, 0) is 36.8 Å². The molecule has 2 saturated heterocycles. The van der Waals surface area contributed by atoms with E-state index in [1.165, 1.54) is 36.6 Å². The highest BCUT2D eigenvalue weighted by Gasteiger charge is 2.58. The van der Waals surface area contributed by atoms with Crippen LogP contribution >= 0.6 is 11.3 Å². The smallest absolute Gasteiger partial charge is 0.309 e. The molecule has 4 aliphatic rings. The van der Waals surface area contributed by atoms with Gasteiger partial charge in [0, 0.05) is 33.8 Å². The SMILES string of the molecule is C[C@@H]1C(=O)O[C@H]2[C@H]1CC[C@@]1(C)Cc3sc(NC(=O)c4ccc(C[NH+]5CC[NH+](C)CC5)cc4)nc3[C@@H](C)[C@H]21. The van der Waals surface area contributed by atoms with E-state index in [0.29, 0.717) is 16.6 Å². The predicted molar refractivity (Wildman–Crippen MR) is 143 cm³/mol. The Morgan fingerprint density at radius 3 is 2.62 bits per heavy atom. The van der Waals surface area contributed by atoms with Gasteiger partial charge in [-0.2, -0.15) is 0 Å². The van der Waals surface area contributed by atoms with E-state index in [1.54, 1.807) is 21.1 Å². The van der Waals surface area contributed by atoms with E-state index in [2.05, 4.69) is 38.3 Å². The van der Waals surface area contributed by atoms with Crippen LogP contribution in [0.1, 0.15) is 66.0 Å². The van der Waals surface area contributed by atoms with Crippen LogP contribution in [0.25, 0.3) is 0 Å². The quantitative estimate of drug-likeness (QED) is 0.531. The number of fused-ring (bicyclic) bond motifs is 4. The van der Waals surface area contributed by atoms with Gasteiger partial charge in [0.25, 0.3) is 5.91 Å². The number of piperazine rings is 1. The zero-order valence-corrected chi connectivity index (χ0v) is 23.2. The van der Waals surface area contributed by atoms with E-state index in [1.807, 2.05) is 19.1 Å². The van der Waals surface area contributed by atoms with Crippen molar-refractivity contribution < 1.29 is 24.1 Å². The van der Waals surface area contributed by atoms with E-state index in [0.717, 1.165) is 31.5 Å². The van der Waals surface area contributed by atoms with Crippen LogP contribution in [-0.4, -0.2) is 56.2 Å². The minimum absolute atomic E-state index is 0.0104. The first kappa shape index (κ1) is 25.0. The number of likely N-dealkylation sites (N-methyl/N-ethyl adjacent to an activating group) is 1. The van der Waals surface area contributed by atoms with Crippen molar-refractivity contribution in [1.82, 2.24) is 4.98 Å². The molecule has 1 aromatic carbocycles. The van der Waals surface area contributed by atoms with Crippen LogP contribution in [0.5, 0.6) is 0 Å². The fourth-order valence-electron chi connectivity index (χ4n) is 7.57. The highest BCUT2D eigenvalue weighted by molar-refractivity contribution is 7.15. The number of hydrogen-bond acceptors (Lipinski definition) is 5. The molecule has 0 bridgehead atoms. The fourth-order valence-corrected chi connectivity index (χ4v) is 8.83. The number of hydrogen-bond donors (Lipinski definition) is 3. The third kappa shape index (κ3) is 4.51. The molecule has 1 aromatic heterocycles. The summed E-state index contributed by atoms with van der Waals surface area (Å²) in [5.41, 5.74) is 3.11. The van der Waals surface area contributed by atoms with Crippen molar-refractivity contribution in [2.24, 2.45) is 23.2 Å². The molecule has 37 heavy (non-hydrogen) atoms. The van der Waals surface area contributed by atoms with Crippen LogP contribution in [0, 0.1) is 23.2 Å². The van der Waals surface area contributed by atoms with Crippen molar-refractivity contribution in [2.75, 3.05) is 38.5 Å². The number of thiazole rings is 1. The Hall–Kier alpha value is -2.29. The third-order valence-electron chi connectivity index (χ3n) is 9.86. The summed E-state index contributed by atoms with van der Waals surface area (Å²) < 4.78 is 5.95. The fraction of sp³-hybridized carbons (Fsp3) is 0.621. The molecule has 6 atom stereocenters. The first-order chi connectivity index (χ1) is 17.7. The van der Waals surface area contributed by atoms with Crippen LogP contribution < -0.4 is 15.1 Å². The van der Waals surface area contributed by atoms with Gasteiger partial charge < -0.3 is 14.5 Å². The molecule has 2 aliphatic carbocycles. The molecule has 198 valence electrons. The zero-order chi connectivity index (χ0) is 25.9.